The molecule has 3 N–H and O–H groups in total. The van der Waals surface area contributed by atoms with Gasteiger partial charge < -0.3 is 5.73 Å². The molecule has 0 aromatic carbocycles. The first-order chi connectivity index (χ1) is 4.29. The first kappa shape index (κ1) is 5.54. The zero-order valence-corrected chi connectivity index (χ0v) is 4.48. The molecule has 2 amide bonds. The van der Waals surface area contributed by atoms with E-state index in [2.05, 4.69) is 15.7 Å². The topological polar surface area (TPSA) is 85.8 Å². The number of amides is 2. The maximum absolute atomic E-state index is 10.1. The summed E-state index contributed by atoms with van der Waals surface area (Å²) in [7, 11) is 0. The van der Waals surface area contributed by atoms with Crippen molar-refractivity contribution in [1.82, 2.24) is 15.1 Å². The van der Waals surface area contributed by atoms with Gasteiger partial charge >= 0.3 is 6.03 Å². The standard InChI is InChI=1S/C3H5N5O/c4-3(9)6-8-2-1-5-7-8/h1-2H,(H3,4,6,9). The Hall–Kier alpha value is -1.59. The van der Waals surface area contributed by atoms with Crippen LogP contribution in [0.4, 0.5) is 4.79 Å². The van der Waals surface area contributed by atoms with E-state index in [4.69, 9.17) is 5.73 Å². The van der Waals surface area contributed by atoms with Gasteiger partial charge in [-0.3, -0.25) is 0 Å². The second-order valence-electron chi connectivity index (χ2n) is 1.32. The molecule has 0 fully saturated rings. The smallest absolute Gasteiger partial charge is 0.332 e. The van der Waals surface area contributed by atoms with E-state index in [9.17, 15) is 4.79 Å². The van der Waals surface area contributed by atoms with E-state index in [0.29, 0.717) is 0 Å². The van der Waals surface area contributed by atoms with Gasteiger partial charge in [-0.15, -0.1) is 5.10 Å². The first-order valence-corrected chi connectivity index (χ1v) is 2.22. The number of hydrogen-bond acceptors (Lipinski definition) is 3. The molecule has 9 heavy (non-hydrogen) atoms. The van der Waals surface area contributed by atoms with Crippen molar-refractivity contribution in [3.63, 3.8) is 0 Å². The average Bonchev–Trinajstić information content (AvgIpc) is 2.15. The quantitative estimate of drug-likeness (QED) is 0.502. The lowest BCUT2D eigenvalue weighted by Gasteiger charge is -1.95. The van der Waals surface area contributed by atoms with Crippen molar-refractivity contribution in [2.24, 2.45) is 5.73 Å². The van der Waals surface area contributed by atoms with Gasteiger partial charge in [0.15, 0.2) is 0 Å². The van der Waals surface area contributed by atoms with E-state index in [1.807, 2.05) is 0 Å². The average molecular weight is 127 g/mol. The van der Waals surface area contributed by atoms with Crippen molar-refractivity contribution in [2.45, 2.75) is 0 Å². The molecule has 1 aromatic heterocycles. The lowest BCUT2D eigenvalue weighted by Crippen LogP contribution is -2.28. The van der Waals surface area contributed by atoms with Crippen LogP contribution in [0.15, 0.2) is 12.4 Å². The predicted octanol–water partition coefficient (Wildman–Crippen LogP) is -1.10. The normalized spacial score (nSPS) is 8.89. The number of hydrogen-bond donors (Lipinski definition) is 2. The Kier molecular flexibility index (Phi) is 1.31. The molecule has 48 valence electrons. The van der Waals surface area contributed by atoms with Gasteiger partial charge in [-0.05, 0) is 5.21 Å². The van der Waals surface area contributed by atoms with Crippen molar-refractivity contribution >= 4 is 6.03 Å². The zero-order valence-electron chi connectivity index (χ0n) is 4.48. The van der Waals surface area contributed by atoms with Crippen LogP contribution in [0.2, 0.25) is 0 Å². The fourth-order valence-electron chi connectivity index (χ4n) is 0.381. The third-order valence-corrected chi connectivity index (χ3v) is 0.647. The summed E-state index contributed by atoms with van der Waals surface area (Å²) in [5.41, 5.74) is 6.91. The molecule has 0 spiro atoms. The van der Waals surface area contributed by atoms with Gasteiger partial charge in [-0.25, -0.2) is 10.2 Å². The number of carbonyl (C=O) groups is 1. The van der Waals surface area contributed by atoms with Crippen LogP contribution in [0, 0.1) is 0 Å². The minimum atomic E-state index is -0.666. The van der Waals surface area contributed by atoms with Crippen LogP contribution < -0.4 is 11.2 Å². The molecule has 0 unspecified atom stereocenters. The van der Waals surface area contributed by atoms with E-state index in [1.54, 1.807) is 0 Å². The van der Waals surface area contributed by atoms with Crippen molar-refractivity contribution in [1.29, 1.82) is 0 Å². The summed E-state index contributed by atoms with van der Waals surface area (Å²) in [4.78, 5) is 11.2. The number of primary amides is 1. The molecule has 1 heterocycles. The van der Waals surface area contributed by atoms with Crippen LogP contribution in [-0.4, -0.2) is 21.1 Å². The van der Waals surface area contributed by atoms with E-state index in [-0.39, 0.29) is 0 Å². The number of nitrogens with two attached hydrogens (primary N) is 1. The minimum Gasteiger partial charge on any atom is -0.350 e. The molecule has 1 aromatic rings. The van der Waals surface area contributed by atoms with Crippen molar-refractivity contribution in [3.8, 4) is 0 Å². The van der Waals surface area contributed by atoms with Crippen molar-refractivity contribution in [3.05, 3.63) is 12.4 Å². The number of nitrogens with one attached hydrogen (secondary N) is 1. The Bertz CT molecular complexity index is 192. The molecule has 0 aliphatic rings. The van der Waals surface area contributed by atoms with Gasteiger partial charge in [0.05, 0.1) is 12.4 Å². The highest BCUT2D eigenvalue weighted by Gasteiger charge is 1.90. The maximum Gasteiger partial charge on any atom is 0.332 e. The Morgan fingerprint density at radius 2 is 2.56 bits per heavy atom. The highest BCUT2D eigenvalue weighted by Crippen LogP contribution is 1.71. The van der Waals surface area contributed by atoms with Crippen LogP contribution in [0.5, 0.6) is 0 Å². The zero-order chi connectivity index (χ0) is 6.69. The summed E-state index contributed by atoms with van der Waals surface area (Å²) >= 11 is 0. The summed E-state index contributed by atoms with van der Waals surface area (Å²) in [6.07, 6.45) is 2.89. The molecule has 0 radical (unpaired) electrons. The highest BCUT2D eigenvalue weighted by molar-refractivity contribution is 5.79. The maximum atomic E-state index is 10.1. The van der Waals surface area contributed by atoms with Crippen LogP contribution in [0.1, 0.15) is 0 Å². The molecule has 0 aliphatic carbocycles. The fraction of sp³-hybridized carbons (Fsp3) is 0. The van der Waals surface area contributed by atoms with Crippen LogP contribution >= 0.6 is 0 Å². The van der Waals surface area contributed by atoms with Gasteiger partial charge in [0, 0.05) is 0 Å². The lowest BCUT2D eigenvalue weighted by molar-refractivity contribution is 0.256. The van der Waals surface area contributed by atoms with Gasteiger partial charge in [0.2, 0.25) is 0 Å². The molecule has 6 nitrogen and oxygen atoms in total. The van der Waals surface area contributed by atoms with E-state index >= 15 is 0 Å². The number of rotatable bonds is 1. The first-order valence-electron chi connectivity index (χ1n) is 2.22. The molecule has 0 atom stereocenters. The summed E-state index contributed by atoms with van der Waals surface area (Å²) in [6, 6.07) is -0.666. The number of nitrogens with zero attached hydrogens (tertiary/aromatic N) is 3. The third-order valence-electron chi connectivity index (χ3n) is 0.647. The number of carbonyl (C=O) groups excluding carboxylic acids is 1. The van der Waals surface area contributed by atoms with E-state index in [0.717, 1.165) is 4.79 Å². The minimum absolute atomic E-state index is 0.666. The van der Waals surface area contributed by atoms with Crippen LogP contribution in [-0.2, 0) is 0 Å². The number of urea groups is 1. The fourth-order valence-corrected chi connectivity index (χ4v) is 0.381. The Morgan fingerprint density at radius 1 is 1.78 bits per heavy atom. The molecule has 0 saturated carbocycles. The Labute approximate surface area is 50.6 Å². The molecular weight excluding hydrogens is 122 g/mol. The van der Waals surface area contributed by atoms with E-state index < -0.39 is 6.03 Å². The second-order valence-corrected chi connectivity index (χ2v) is 1.32. The van der Waals surface area contributed by atoms with Gasteiger partial charge in [0.1, 0.15) is 0 Å². The Morgan fingerprint density at radius 3 is 3.00 bits per heavy atom. The summed E-state index contributed by atoms with van der Waals surface area (Å²) < 4.78 is 0. The molecule has 0 bridgehead atoms. The van der Waals surface area contributed by atoms with Crippen molar-refractivity contribution in [2.75, 3.05) is 5.43 Å². The molecular formula is C3H5N5O. The van der Waals surface area contributed by atoms with Gasteiger partial charge in [-0.1, -0.05) is 0 Å². The highest BCUT2D eigenvalue weighted by atomic mass is 16.2. The largest absolute Gasteiger partial charge is 0.350 e. The monoisotopic (exact) mass is 127 g/mol. The predicted molar refractivity (Wildman–Crippen MR) is 29.0 cm³/mol. The third kappa shape index (κ3) is 1.41. The summed E-state index contributed by atoms with van der Waals surface area (Å²) in [5, 5.41) is 6.83. The molecule has 0 aliphatic heterocycles. The molecule has 6 heteroatoms. The summed E-state index contributed by atoms with van der Waals surface area (Å²) in [6.45, 7) is 0. The van der Waals surface area contributed by atoms with Crippen LogP contribution in [0.25, 0.3) is 0 Å². The van der Waals surface area contributed by atoms with Gasteiger partial charge in [-0.2, -0.15) is 4.79 Å². The Balaban J connectivity index is 2.58. The molecule has 1 rings (SSSR count). The molecule has 0 saturated heterocycles. The lowest BCUT2D eigenvalue weighted by atomic mass is 10.9. The number of aromatic nitrogens is 3. The second kappa shape index (κ2) is 2.12. The van der Waals surface area contributed by atoms with Crippen molar-refractivity contribution < 1.29 is 4.79 Å². The summed E-state index contributed by atoms with van der Waals surface area (Å²) in [5.74, 6) is 0. The van der Waals surface area contributed by atoms with Crippen LogP contribution in [0.3, 0.4) is 0 Å². The van der Waals surface area contributed by atoms with E-state index in [1.165, 1.54) is 12.4 Å². The van der Waals surface area contributed by atoms with Gasteiger partial charge in [0.25, 0.3) is 0 Å². The SMILES string of the molecule is NC(=O)Nn1ccnn1.